The van der Waals surface area contributed by atoms with E-state index in [2.05, 4.69) is 4.98 Å². The smallest absolute Gasteiger partial charge is 0.392 e. The Morgan fingerprint density at radius 3 is 2.05 bits per heavy atom. The highest BCUT2D eigenvalue weighted by atomic mass is 32.1. The lowest BCUT2D eigenvalue weighted by Crippen LogP contribution is -2.86. The van der Waals surface area contributed by atoms with Crippen molar-refractivity contribution in [2.75, 3.05) is 19.8 Å². The second-order valence-corrected chi connectivity index (χ2v) is 12.4. The number of aromatic hydroxyl groups is 1. The van der Waals surface area contributed by atoms with Gasteiger partial charge in [0.15, 0.2) is 0 Å². The lowest BCUT2D eigenvalue weighted by molar-refractivity contribution is -0.709. The Kier molecular flexibility index (Phi) is 10.5. The van der Waals surface area contributed by atoms with Gasteiger partial charge in [-0.1, -0.05) is 60.7 Å². The molecule has 0 amide bonds. The molecule has 0 spiro atoms. The fraction of sp³-hybridized carbons (Fsp3) is 0.290. The van der Waals surface area contributed by atoms with E-state index in [4.69, 9.17) is 13.8 Å². The van der Waals surface area contributed by atoms with Crippen LogP contribution in [0.1, 0.15) is 64.7 Å². The molecule has 0 bridgehead atoms. The number of hydrogen-bond donors (Lipinski definition) is 2. The number of phenolic OH excluding ortho intramolecular Hbond substituents is 1. The second-order valence-electron chi connectivity index (χ2n) is 9.24. The summed E-state index contributed by atoms with van der Waals surface area (Å²) in [6.07, 6.45) is 0. The summed E-state index contributed by atoms with van der Waals surface area (Å²) in [6.45, 7) is 7.63. The van der Waals surface area contributed by atoms with Gasteiger partial charge in [-0.05, 0) is 45.9 Å². The van der Waals surface area contributed by atoms with E-state index in [1.54, 1.807) is 45.9 Å². The van der Waals surface area contributed by atoms with Gasteiger partial charge in [0, 0.05) is 16.7 Å². The first kappa shape index (κ1) is 30.6. The molecule has 216 valence electrons. The average molecular weight is 596 g/mol. The zero-order chi connectivity index (χ0) is 29.4. The van der Waals surface area contributed by atoms with Crippen molar-refractivity contribution < 1.29 is 33.6 Å². The van der Waals surface area contributed by atoms with Crippen LogP contribution in [-0.2, 0) is 18.3 Å². The molecular weight excluding hydrogens is 559 g/mol. The molecule has 1 atom stereocenters. The monoisotopic (exact) mass is 595 g/mol. The number of aryl methyl sites for hydroxylation is 1. The molecule has 8 nitrogen and oxygen atoms in total. The molecule has 41 heavy (non-hydrogen) atoms. The van der Waals surface area contributed by atoms with Crippen LogP contribution in [0.25, 0.3) is 10.6 Å². The normalized spacial score (nSPS) is 12.4. The van der Waals surface area contributed by atoms with Crippen molar-refractivity contribution in [1.29, 1.82) is 0 Å². The molecule has 0 aliphatic carbocycles. The first-order chi connectivity index (χ1) is 19.8. The largest absolute Gasteiger partial charge is 0.507 e. The Labute approximate surface area is 244 Å². The number of rotatable bonds is 13. The third-order valence-electron chi connectivity index (χ3n) is 6.50. The lowest BCUT2D eigenvalue weighted by atomic mass is 9.98. The van der Waals surface area contributed by atoms with E-state index in [1.807, 2.05) is 66.0 Å². The van der Waals surface area contributed by atoms with Crippen LogP contribution < -0.4 is 5.32 Å². The van der Waals surface area contributed by atoms with Crippen LogP contribution in [0.15, 0.2) is 78.9 Å². The Morgan fingerprint density at radius 1 is 0.927 bits per heavy atom. The molecule has 10 heteroatoms. The number of thiazole rings is 1. The summed E-state index contributed by atoms with van der Waals surface area (Å²) in [7, 11) is -3.82. The van der Waals surface area contributed by atoms with Gasteiger partial charge in [-0.2, -0.15) is 0 Å². The maximum absolute atomic E-state index is 14.5. The quantitative estimate of drug-likeness (QED) is 0.132. The second kappa shape index (κ2) is 14.0. The number of phenols is 1. The molecule has 0 aliphatic rings. The van der Waals surface area contributed by atoms with Gasteiger partial charge >= 0.3 is 13.6 Å². The van der Waals surface area contributed by atoms with Gasteiger partial charge in [-0.15, -0.1) is 11.3 Å². The number of ether oxygens (including phenoxy) is 1. The van der Waals surface area contributed by atoms with Crippen LogP contribution in [0.5, 0.6) is 5.75 Å². The maximum Gasteiger partial charge on any atom is 0.392 e. The highest BCUT2D eigenvalue weighted by Crippen LogP contribution is 2.59. The minimum Gasteiger partial charge on any atom is -0.507 e. The molecule has 3 aromatic carbocycles. The van der Waals surface area contributed by atoms with Crippen molar-refractivity contribution >= 4 is 24.9 Å². The average Bonchev–Trinajstić information content (AvgIpc) is 3.37. The van der Waals surface area contributed by atoms with Crippen LogP contribution in [-0.4, -0.2) is 35.9 Å². The Morgan fingerprint density at radius 2 is 1.51 bits per heavy atom. The van der Waals surface area contributed by atoms with Gasteiger partial charge < -0.3 is 24.2 Å². The number of esters is 1. The predicted molar refractivity (Wildman–Crippen MR) is 160 cm³/mol. The van der Waals surface area contributed by atoms with Gasteiger partial charge in [-0.25, -0.2) is 9.78 Å². The predicted octanol–water partition coefficient (Wildman–Crippen LogP) is 6.62. The summed E-state index contributed by atoms with van der Waals surface area (Å²) in [5.74, 6) is -1.39. The Hall–Kier alpha value is -3.33. The zero-order valence-corrected chi connectivity index (χ0v) is 25.4. The Bertz CT molecular complexity index is 1450. The number of quaternary nitrogens is 1. The van der Waals surface area contributed by atoms with Crippen LogP contribution >= 0.6 is 18.9 Å². The topological polar surface area (TPSA) is 112 Å². The van der Waals surface area contributed by atoms with Gasteiger partial charge in [0.05, 0.1) is 31.1 Å². The van der Waals surface area contributed by atoms with Crippen molar-refractivity contribution in [3.63, 3.8) is 0 Å². The number of nitrogens with two attached hydrogens (primary N) is 1. The standard InChI is InChI=1S/C31H35N2O6PS/c1-5-37-31(35)28-21(4)32-30(41-28)24-18-19-26(34)25(20-24)29(40(36,38-6-2)39-7-3)33-27(22-14-10-8-11-15-22)23-16-12-9-13-17-23/h8-20,27,29,33-34H,5-7H2,1-4H3/p+1. The van der Waals surface area contributed by atoms with Crippen LogP contribution in [0.4, 0.5) is 0 Å². The molecule has 1 heterocycles. The minimum absolute atomic E-state index is 0.0478. The SMILES string of the molecule is CCOC(=O)c1sc(-c2ccc(O)c(C([NH2+]C(c3ccccc3)c3ccccc3)P(=O)(OCC)OCC)c2)nc1C. The molecule has 3 N–H and O–H groups in total. The number of nitrogens with zero attached hydrogens (tertiary/aromatic N) is 1. The molecule has 0 radical (unpaired) electrons. The number of carbonyl (C=O) groups is 1. The van der Waals surface area contributed by atoms with Gasteiger partial charge in [0.1, 0.15) is 21.7 Å². The van der Waals surface area contributed by atoms with Gasteiger partial charge in [0.2, 0.25) is 5.78 Å². The summed E-state index contributed by atoms with van der Waals surface area (Å²) in [5, 5.41) is 13.7. The molecule has 1 aromatic heterocycles. The third-order valence-corrected chi connectivity index (χ3v) is 10.1. The molecule has 0 saturated carbocycles. The zero-order valence-electron chi connectivity index (χ0n) is 23.7. The molecule has 4 rings (SSSR count). The maximum atomic E-state index is 14.5. The summed E-state index contributed by atoms with van der Waals surface area (Å²) in [4.78, 5) is 17.5. The third kappa shape index (κ3) is 7.12. The number of benzene rings is 3. The highest BCUT2D eigenvalue weighted by molar-refractivity contribution is 7.54. The fourth-order valence-electron chi connectivity index (χ4n) is 4.69. The molecule has 1 unspecified atom stereocenters. The summed E-state index contributed by atoms with van der Waals surface area (Å²) >= 11 is 1.21. The van der Waals surface area contributed by atoms with Crippen molar-refractivity contribution in [2.45, 2.75) is 39.5 Å². The first-order valence-corrected chi connectivity index (χ1v) is 16.1. The van der Waals surface area contributed by atoms with E-state index in [0.29, 0.717) is 26.7 Å². The van der Waals surface area contributed by atoms with Crippen molar-refractivity contribution in [2.24, 2.45) is 0 Å². The van der Waals surface area contributed by atoms with E-state index in [0.717, 1.165) is 11.1 Å². The molecule has 0 saturated heterocycles. The highest BCUT2D eigenvalue weighted by Gasteiger charge is 2.44. The first-order valence-electron chi connectivity index (χ1n) is 13.6. The van der Waals surface area contributed by atoms with Crippen molar-refractivity contribution in [3.05, 3.63) is 106 Å². The number of carbonyl (C=O) groups excluding carboxylic acids is 1. The van der Waals surface area contributed by atoms with E-state index in [-0.39, 0.29) is 31.6 Å². The van der Waals surface area contributed by atoms with Crippen molar-refractivity contribution in [3.8, 4) is 16.3 Å². The van der Waals surface area contributed by atoms with Crippen LogP contribution in [0.2, 0.25) is 0 Å². The molecule has 4 aromatic rings. The van der Waals surface area contributed by atoms with Crippen molar-refractivity contribution in [1.82, 2.24) is 4.98 Å². The number of hydrogen-bond acceptors (Lipinski definition) is 8. The summed E-state index contributed by atoms with van der Waals surface area (Å²) in [6, 6.07) is 24.6. The Balaban J connectivity index is 1.86. The van der Waals surface area contributed by atoms with E-state index in [1.165, 1.54) is 11.3 Å². The van der Waals surface area contributed by atoms with E-state index in [9.17, 15) is 14.5 Å². The van der Waals surface area contributed by atoms with Crippen LogP contribution in [0.3, 0.4) is 0 Å². The molecule has 0 aliphatic heterocycles. The fourth-order valence-corrected chi connectivity index (χ4v) is 7.69. The number of aromatic nitrogens is 1. The van der Waals surface area contributed by atoms with E-state index >= 15 is 0 Å². The lowest BCUT2D eigenvalue weighted by Gasteiger charge is -2.29. The summed E-state index contributed by atoms with van der Waals surface area (Å²) in [5.41, 5.74) is 3.59. The molecule has 0 fully saturated rings. The van der Waals surface area contributed by atoms with E-state index < -0.39 is 19.3 Å². The van der Waals surface area contributed by atoms with Gasteiger partial charge in [-0.3, -0.25) is 4.57 Å². The van der Waals surface area contributed by atoms with Gasteiger partial charge in [0.25, 0.3) is 0 Å². The molecular formula is C31H36N2O6PS+. The summed E-state index contributed by atoms with van der Waals surface area (Å²) < 4.78 is 31.4. The minimum atomic E-state index is -3.82. The van der Waals surface area contributed by atoms with Crippen LogP contribution in [0, 0.1) is 6.92 Å².